The third-order valence-electron chi connectivity index (χ3n) is 4.17. The van der Waals surface area contributed by atoms with Crippen LogP contribution in [0, 0.1) is 3.70 Å². The van der Waals surface area contributed by atoms with Crippen molar-refractivity contribution in [2.45, 2.75) is 21.4 Å². The third kappa shape index (κ3) is 6.55. The predicted molar refractivity (Wildman–Crippen MR) is 113 cm³/mol. The van der Waals surface area contributed by atoms with Crippen LogP contribution in [0.5, 0.6) is 0 Å². The molecule has 0 atom stereocenters. The Morgan fingerprint density at radius 1 is 0.879 bits per heavy atom. The summed E-state index contributed by atoms with van der Waals surface area (Å²) < 4.78 is 82.0. The molecule has 16 heteroatoms. The number of rotatable bonds is 10. The van der Waals surface area contributed by atoms with Gasteiger partial charge in [0.1, 0.15) is 0 Å². The van der Waals surface area contributed by atoms with Gasteiger partial charge in [-0.3, -0.25) is 0 Å². The Morgan fingerprint density at radius 2 is 1.55 bits per heavy atom. The van der Waals surface area contributed by atoms with Gasteiger partial charge in [0.05, 0.1) is 0 Å². The fraction of sp³-hybridized carbons (Fsp3) is 0.176. The Morgan fingerprint density at radius 3 is 2.09 bits per heavy atom. The zero-order valence-corrected chi connectivity index (χ0v) is 21.9. The Labute approximate surface area is 202 Å². The van der Waals surface area contributed by atoms with Crippen LogP contribution in [0.15, 0.2) is 69.9 Å². The van der Waals surface area contributed by atoms with Crippen molar-refractivity contribution in [3.05, 3.63) is 64.4 Å². The van der Waals surface area contributed by atoms with Gasteiger partial charge in [-0.15, -0.1) is 0 Å². The molecule has 2 heterocycles. The molecule has 33 heavy (non-hydrogen) atoms. The molecule has 0 spiro atoms. The molecular formula is C17H20IN6O6S3-. The van der Waals surface area contributed by atoms with Crippen LogP contribution in [0.4, 0.5) is 0 Å². The fourth-order valence-corrected chi connectivity index (χ4v) is 7.70. The second-order valence-corrected chi connectivity index (χ2v) is 14.7. The van der Waals surface area contributed by atoms with Gasteiger partial charge in [0.25, 0.3) is 0 Å². The van der Waals surface area contributed by atoms with Crippen molar-refractivity contribution in [2.24, 2.45) is 7.05 Å². The molecule has 0 unspecified atom stereocenters. The molecule has 0 amide bonds. The van der Waals surface area contributed by atoms with Crippen molar-refractivity contribution in [1.82, 2.24) is 26.9 Å². The molecule has 0 aliphatic heterocycles. The maximum atomic E-state index is 12.5. The number of nitrogens with one attached hydrogen (secondary N) is 3. The third-order valence-corrected chi connectivity index (χ3v) is 11.6. The van der Waals surface area contributed by atoms with Crippen LogP contribution in [0.3, 0.4) is 0 Å². The zero-order chi connectivity index (χ0) is 24.3. The van der Waals surface area contributed by atoms with Gasteiger partial charge in [-0.05, 0) is 7.05 Å². The number of benzene rings is 1. The van der Waals surface area contributed by atoms with Gasteiger partial charge in [-0.25, -0.2) is 13.1 Å². The summed E-state index contributed by atoms with van der Waals surface area (Å²) in [5, 5.41) is -0.107. The van der Waals surface area contributed by atoms with E-state index in [1.807, 2.05) is 0 Å². The van der Waals surface area contributed by atoms with E-state index in [1.165, 1.54) is 60.5 Å². The zero-order valence-electron chi connectivity index (χ0n) is 17.3. The molecule has 0 aliphatic rings. The van der Waals surface area contributed by atoms with Crippen molar-refractivity contribution in [1.29, 1.82) is 0 Å². The minimum absolute atomic E-state index is 0.0548. The van der Waals surface area contributed by atoms with Crippen molar-refractivity contribution in [2.75, 3.05) is 7.05 Å². The number of aromatic nitrogens is 3. The molecule has 12 nitrogen and oxygen atoms in total. The summed E-state index contributed by atoms with van der Waals surface area (Å²) in [6.07, 6.45) is 3.89. The molecule has 0 aliphatic carbocycles. The van der Waals surface area contributed by atoms with E-state index in [0.29, 0.717) is 9.26 Å². The van der Waals surface area contributed by atoms with Gasteiger partial charge in [0.15, 0.2) is 0 Å². The summed E-state index contributed by atoms with van der Waals surface area (Å²) in [7, 11) is -8.28. The van der Waals surface area contributed by atoms with E-state index in [0.717, 1.165) is 6.20 Å². The number of hydrogen-bond donors (Lipinski definition) is 3. The van der Waals surface area contributed by atoms with E-state index in [4.69, 9.17) is 0 Å². The number of halogens is 1. The van der Waals surface area contributed by atoms with E-state index >= 15 is 0 Å². The number of aryl methyl sites for hydroxylation is 1. The van der Waals surface area contributed by atoms with Crippen LogP contribution in [-0.4, -0.2) is 46.8 Å². The first kappa shape index (κ1) is 25.7. The van der Waals surface area contributed by atoms with Crippen LogP contribution in [0.25, 0.3) is 0 Å². The molecule has 0 saturated carbocycles. The van der Waals surface area contributed by atoms with Crippen LogP contribution in [0.2, 0.25) is 0 Å². The van der Waals surface area contributed by atoms with Gasteiger partial charge >= 0.3 is 183 Å². The van der Waals surface area contributed by atoms with Gasteiger partial charge < -0.3 is 0 Å². The first-order valence-corrected chi connectivity index (χ1v) is 15.7. The quantitative estimate of drug-likeness (QED) is 0.118. The van der Waals surface area contributed by atoms with Crippen LogP contribution >= 0.6 is 0 Å². The van der Waals surface area contributed by atoms with Gasteiger partial charge in [-0.1, -0.05) is 0 Å². The SMILES string of the molecule is CNS(=O)(=O)c1ccc(CNS(=O)(=O)c2ccc([I-]NS(=O)(=O)c3cn(C)cn3)nc2)cc1. The van der Waals surface area contributed by atoms with Crippen molar-refractivity contribution >= 4 is 30.1 Å². The summed E-state index contributed by atoms with van der Waals surface area (Å²) >= 11 is -1.26. The van der Waals surface area contributed by atoms with E-state index in [-0.39, 0.29) is 21.4 Å². The number of imidazole rings is 1. The number of hydrogen-bond acceptors (Lipinski definition) is 8. The molecule has 2 aromatic heterocycles. The molecule has 180 valence electrons. The molecule has 0 bridgehead atoms. The maximum absolute atomic E-state index is 12.5. The van der Waals surface area contributed by atoms with E-state index in [1.54, 1.807) is 7.05 Å². The Kier molecular flexibility index (Phi) is 7.87. The number of nitrogens with zero attached hydrogens (tertiary/aromatic N) is 3. The number of pyridine rings is 1. The predicted octanol–water partition coefficient (Wildman–Crippen LogP) is -3.65. The minimum atomic E-state index is -3.88. The first-order valence-electron chi connectivity index (χ1n) is 9.05. The molecular weight excluding hydrogens is 607 g/mol. The molecule has 0 fully saturated rings. The second kappa shape index (κ2) is 10.1. The van der Waals surface area contributed by atoms with Gasteiger partial charge in [0.2, 0.25) is 0 Å². The monoisotopic (exact) mass is 627 g/mol. The standard InChI is InChI=1S/C17H20IN6O6S3/c1-19-31(25,26)14-5-3-13(4-6-14)9-22-32(27,28)15-7-8-16(20-10-15)18-23-33(29,30)17-11-24(2)12-21-17/h3-8,10-12,19,22-23H,9H2,1-2H3/q-1. The first-order chi connectivity index (χ1) is 15.4. The Bertz CT molecular complexity index is 1440. The fourth-order valence-electron chi connectivity index (χ4n) is 2.40. The van der Waals surface area contributed by atoms with Crippen molar-refractivity contribution < 1.29 is 46.7 Å². The summed E-state index contributed by atoms with van der Waals surface area (Å²) in [4.78, 5) is 7.84. The topological polar surface area (TPSA) is 169 Å². The van der Waals surface area contributed by atoms with E-state index in [9.17, 15) is 25.3 Å². The second-order valence-electron chi connectivity index (χ2n) is 6.55. The van der Waals surface area contributed by atoms with Gasteiger partial charge in [0, 0.05) is 0 Å². The summed E-state index contributed by atoms with van der Waals surface area (Å²) in [5.41, 5.74) is 0.563. The Balaban J connectivity index is 1.61. The molecule has 0 radical (unpaired) electrons. The molecule has 3 aromatic rings. The molecule has 3 rings (SSSR count). The van der Waals surface area contributed by atoms with Crippen molar-refractivity contribution in [3.8, 4) is 0 Å². The van der Waals surface area contributed by atoms with Crippen LogP contribution in [-0.2, 0) is 43.7 Å². The molecule has 1 aromatic carbocycles. The van der Waals surface area contributed by atoms with Crippen LogP contribution in [0.1, 0.15) is 5.56 Å². The van der Waals surface area contributed by atoms with Crippen molar-refractivity contribution in [3.63, 3.8) is 0 Å². The summed E-state index contributed by atoms with van der Waals surface area (Å²) in [6, 6.07) is 8.55. The Hall–Kier alpha value is -1.96. The summed E-state index contributed by atoms with van der Waals surface area (Å²) in [6.45, 7) is -0.0548. The average Bonchev–Trinajstić information content (AvgIpc) is 3.24. The average molecular weight is 627 g/mol. The summed E-state index contributed by atoms with van der Waals surface area (Å²) in [5.74, 6) is 0. The van der Waals surface area contributed by atoms with Gasteiger partial charge in [-0.2, -0.15) is 0 Å². The normalized spacial score (nSPS) is 12.8. The van der Waals surface area contributed by atoms with E-state index in [2.05, 4.69) is 22.3 Å². The molecule has 3 N–H and O–H groups in total. The number of sulfonamides is 3. The molecule has 0 saturated heterocycles. The van der Waals surface area contributed by atoms with Crippen LogP contribution < -0.4 is 33.9 Å². The van der Waals surface area contributed by atoms with E-state index < -0.39 is 51.5 Å².